The summed E-state index contributed by atoms with van der Waals surface area (Å²) >= 11 is 0. The first-order chi connectivity index (χ1) is 11.6. The molecule has 0 spiro atoms. The van der Waals surface area contributed by atoms with Gasteiger partial charge in [-0.15, -0.1) is 24.0 Å². The van der Waals surface area contributed by atoms with Gasteiger partial charge in [-0.25, -0.2) is 0 Å². The number of halogens is 1. The third-order valence-corrected chi connectivity index (χ3v) is 6.24. The van der Waals surface area contributed by atoms with Crippen molar-refractivity contribution < 1.29 is 9.53 Å². The Bertz CT molecular complexity index is 576. The van der Waals surface area contributed by atoms with Crippen molar-refractivity contribution in [3.05, 3.63) is 0 Å². The fraction of sp³-hybridized carbons (Fsp3) is 0.895. The molecule has 2 aliphatic heterocycles. The third-order valence-electron chi connectivity index (χ3n) is 6.24. The minimum Gasteiger partial charge on any atom is -0.377 e. The van der Waals surface area contributed by atoms with Crippen LogP contribution in [0.2, 0.25) is 0 Å². The van der Waals surface area contributed by atoms with Crippen LogP contribution in [0.4, 0.5) is 0 Å². The molecular formula is C19H35IN4O2. The van der Waals surface area contributed by atoms with Crippen LogP contribution in [0, 0.1) is 11.3 Å². The fourth-order valence-electron chi connectivity index (χ4n) is 5.37. The lowest BCUT2D eigenvalue weighted by molar-refractivity contribution is -0.145. The van der Waals surface area contributed by atoms with Crippen LogP contribution in [-0.4, -0.2) is 72.1 Å². The van der Waals surface area contributed by atoms with Crippen LogP contribution in [0.25, 0.3) is 0 Å². The van der Waals surface area contributed by atoms with Gasteiger partial charge in [0.05, 0.1) is 18.2 Å². The van der Waals surface area contributed by atoms with E-state index in [1.165, 1.54) is 0 Å². The lowest BCUT2D eigenvalue weighted by Crippen LogP contribution is -2.71. The summed E-state index contributed by atoms with van der Waals surface area (Å²) in [6.45, 7) is 15.0. The lowest BCUT2D eigenvalue weighted by Gasteiger charge is -2.56. The number of nitrogens with zero attached hydrogens (tertiary/aromatic N) is 3. The number of carbonyl (C=O) groups is 1. The van der Waals surface area contributed by atoms with Gasteiger partial charge in [0.25, 0.3) is 0 Å². The van der Waals surface area contributed by atoms with Crippen LogP contribution in [-0.2, 0) is 9.53 Å². The van der Waals surface area contributed by atoms with E-state index in [0.717, 1.165) is 25.5 Å². The van der Waals surface area contributed by atoms with Gasteiger partial charge in [-0.3, -0.25) is 9.79 Å². The summed E-state index contributed by atoms with van der Waals surface area (Å²) in [5.41, 5.74) is -0.119. The van der Waals surface area contributed by atoms with Crippen molar-refractivity contribution in [2.24, 2.45) is 16.3 Å². The first-order valence-electron chi connectivity index (χ1n) is 9.51. The van der Waals surface area contributed by atoms with Crippen LogP contribution in [0.3, 0.4) is 0 Å². The molecule has 1 amide bonds. The zero-order valence-corrected chi connectivity index (χ0v) is 19.5. The predicted molar refractivity (Wildman–Crippen MR) is 115 cm³/mol. The molecular weight excluding hydrogens is 443 g/mol. The van der Waals surface area contributed by atoms with E-state index in [2.05, 4.69) is 56.8 Å². The van der Waals surface area contributed by atoms with Gasteiger partial charge in [0.1, 0.15) is 0 Å². The number of aliphatic imine (C=N–C) groups is 1. The second kappa shape index (κ2) is 7.45. The molecule has 3 fully saturated rings. The molecule has 0 aromatic carbocycles. The molecule has 3 aliphatic rings. The van der Waals surface area contributed by atoms with Crippen molar-refractivity contribution in [2.75, 3.05) is 26.7 Å². The van der Waals surface area contributed by atoms with Gasteiger partial charge in [0.2, 0.25) is 5.91 Å². The summed E-state index contributed by atoms with van der Waals surface area (Å²) in [5, 5.41) is 3.66. The van der Waals surface area contributed by atoms with E-state index < -0.39 is 0 Å². The third kappa shape index (κ3) is 3.45. The van der Waals surface area contributed by atoms with Crippen molar-refractivity contribution in [3.8, 4) is 0 Å². The molecule has 0 aromatic rings. The molecule has 1 saturated carbocycles. The molecule has 3 rings (SSSR count). The monoisotopic (exact) mass is 478 g/mol. The van der Waals surface area contributed by atoms with Crippen molar-refractivity contribution in [1.29, 1.82) is 0 Å². The SMILES string of the molecule is CN=C(NC1C2CCOC2C1(C)C)N1CC(=O)N(C(C)C)C(C)(C)C1.I. The van der Waals surface area contributed by atoms with E-state index >= 15 is 0 Å². The normalized spacial score (nSPS) is 32.8. The minimum atomic E-state index is -0.213. The molecule has 0 aromatic heterocycles. The Balaban J connectivity index is 0.00000243. The van der Waals surface area contributed by atoms with Gasteiger partial charge in [0, 0.05) is 43.6 Å². The fourth-order valence-corrected chi connectivity index (χ4v) is 5.37. The van der Waals surface area contributed by atoms with Gasteiger partial charge in [-0.1, -0.05) is 13.8 Å². The van der Waals surface area contributed by atoms with Gasteiger partial charge in [0.15, 0.2) is 5.96 Å². The number of nitrogens with one attached hydrogen (secondary N) is 1. The van der Waals surface area contributed by atoms with E-state index in [0.29, 0.717) is 24.6 Å². The number of hydrogen-bond acceptors (Lipinski definition) is 3. The van der Waals surface area contributed by atoms with E-state index in [1.807, 2.05) is 11.9 Å². The van der Waals surface area contributed by atoms with E-state index in [4.69, 9.17) is 4.74 Å². The maximum absolute atomic E-state index is 12.7. The summed E-state index contributed by atoms with van der Waals surface area (Å²) < 4.78 is 5.89. The number of piperazine rings is 1. The van der Waals surface area contributed by atoms with Crippen LogP contribution in [0.5, 0.6) is 0 Å². The average molecular weight is 478 g/mol. The number of rotatable bonds is 2. The van der Waals surface area contributed by atoms with Gasteiger partial charge >= 0.3 is 0 Å². The number of ether oxygens (including phenoxy) is 1. The number of fused-ring (bicyclic) bond motifs is 1. The van der Waals surface area contributed by atoms with Crippen molar-refractivity contribution in [1.82, 2.24) is 15.1 Å². The number of carbonyl (C=O) groups excluding carboxylic acids is 1. The molecule has 0 radical (unpaired) electrons. The molecule has 0 bridgehead atoms. The standard InChI is InChI=1S/C19H34N4O2.HI/c1-12(2)23-14(24)10-22(11-18(23,3)4)17(20-7)21-15-13-8-9-25-16(13)19(15,5)6;/h12-13,15-16H,8-11H2,1-7H3,(H,20,21);1H. The van der Waals surface area contributed by atoms with Crippen molar-refractivity contribution in [3.63, 3.8) is 0 Å². The Morgan fingerprint density at radius 3 is 2.50 bits per heavy atom. The summed E-state index contributed by atoms with van der Waals surface area (Å²) in [6, 6.07) is 0.557. The van der Waals surface area contributed by atoms with Crippen LogP contribution in [0.15, 0.2) is 4.99 Å². The van der Waals surface area contributed by atoms with Crippen LogP contribution < -0.4 is 5.32 Å². The largest absolute Gasteiger partial charge is 0.377 e. The Morgan fingerprint density at radius 1 is 1.31 bits per heavy atom. The predicted octanol–water partition coefficient (Wildman–Crippen LogP) is 2.32. The average Bonchev–Trinajstić information content (AvgIpc) is 2.92. The first-order valence-corrected chi connectivity index (χ1v) is 9.51. The van der Waals surface area contributed by atoms with Crippen molar-refractivity contribution in [2.45, 2.75) is 71.7 Å². The summed E-state index contributed by atoms with van der Waals surface area (Å²) in [7, 11) is 1.81. The molecule has 26 heavy (non-hydrogen) atoms. The number of amides is 1. The summed E-state index contributed by atoms with van der Waals surface area (Å²) in [6.07, 6.45) is 1.45. The highest BCUT2D eigenvalue weighted by Crippen LogP contribution is 2.52. The Morgan fingerprint density at radius 2 is 1.96 bits per heavy atom. The molecule has 7 heteroatoms. The Labute approximate surface area is 175 Å². The zero-order chi connectivity index (χ0) is 18.6. The molecule has 2 saturated heterocycles. The molecule has 6 nitrogen and oxygen atoms in total. The molecule has 3 unspecified atom stereocenters. The summed E-state index contributed by atoms with van der Waals surface area (Å²) in [5.74, 6) is 1.56. The van der Waals surface area contributed by atoms with Crippen LogP contribution >= 0.6 is 24.0 Å². The molecule has 1 N–H and O–H groups in total. The second-order valence-corrected chi connectivity index (χ2v) is 9.26. The number of hydrogen-bond donors (Lipinski definition) is 1. The highest BCUT2D eigenvalue weighted by Gasteiger charge is 2.60. The molecule has 1 aliphatic carbocycles. The van der Waals surface area contributed by atoms with Gasteiger partial charge in [-0.05, 0) is 34.1 Å². The Kier molecular flexibility index (Phi) is 6.23. The molecule has 150 valence electrons. The second-order valence-electron chi connectivity index (χ2n) is 9.26. The van der Waals surface area contributed by atoms with Gasteiger partial charge < -0.3 is 19.9 Å². The maximum Gasteiger partial charge on any atom is 0.242 e. The first kappa shape index (κ1) is 21.7. The molecule has 3 atom stereocenters. The van der Waals surface area contributed by atoms with E-state index in [9.17, 15) is 4.79 Å². The quantitative estimate of drug-likeness (QED) is 0.376. The minimum absolute atomic E-state index is 0. The number of guanidine groups is 1. The van der Waals surface area contributed by atoms with Crippen LogP contribution in [0.1, 0.15) is 48.0 Å². The Hall–Kier alpha value is -0.570. The zero-order valence-electron chi connectivity index (χ0n) is 17.2. The highest BCUT2D eigenvalue weighted by molar-refractivity contribution is 14.0. The highest BCUT2D eigenvalue weighted by atomic mass is 127. The van der Waals surface area contributed by atoms with Crippen molar-refractivity contribution >= 4 is 35.8 Å². The van der Waals surface area contributed by atoms with E-state index in [-0.39, 0.29) is 46.9 Å². The summed E-state index contributed by atoms with van der Waals surface area (Å²) in [4.78, 5) is 21.4. The van der Waals surface area contributed by atoms with Gasteiger partial charge in [-0.2, -0.15) is 0 Å². The maximum atomic E-state index is 12.7. The molecule has 2 heterocycles. The lowest BCUT2D eigenvalue weighted by atomic mass is 9.57. The topological polar surface area (TPSA) is 57.2 Å². The smallest absolute Gasteiger partial charge is 0.242 e. The van der Waals surface area contributed by atoms with E-state index in [1.54, 1.807) is 0 Å².